The molecule has 0 saturated carbocycles. The third kappa shape index (κ3) is 2.12. The van der Waals surface area contributed by atoms with Crippen LogP contribution in [-0.2, 0) is 0 Å². The van der Waals surface area contributed by atoms with Gasteiger partial charge in [0, 0.05) is 14.1 Å². The number of nitrogens with one attached hydrogen (secondary N) is 1. The van der Waals surface area contributed by atoms with Gasteiger partial charge in [-0.05, 0) is 18.1 Å². The van der Waals surface area contributed by atoms with Gasteiger partial charge in [0.25, 0.3) is 5.56 Å². The summed E-state index contributed by atoms with van der Waals surface area (Å²) in [5.41, 5.74) is 0.246. The summed E-state index contributed by atoms with van der Waals surface area (Å²) in [7, 11) is 3.20. The third-order valence-corrected chi connectivity index (χ3v) is 2.88. The van der Waals surface area contributed by atoms with Crippen molar-refractivity contribution in [3.63, 3.8) is 0 Å². The molecular formula is C13H15N3O3. The van der Waals surface area contributed by atoms with E-state index in [-0.39, 0.29) is 11.4 Å². The Bertz CT molecular complexity index is 729. The van der Waals surface area contributed by atoms with Crippen molar-refractivity contribution < 1.29 is 5.11 Å². The molecule has 0 aliphatic rings. The third-order valence-electron chi connectivity index (χ3n) is 2.88. The Morgan fingerprint density at radius 2 is 1.84 bits per heavy atom. The van der Waals surface area contributed by atoms with Crippen molar-refractivity contribution in [3.05, 3.63) is 50.7 Å². The molecule has 1 heterocycles. The summed E-state index contributed by atoms with van der Waals surface area (Å²) in [5.74, 6) is -0.368. The lowest BCUT2D eigenvalue weighted by Gasteiger charge is -2.18. The molecule has 19 heavy (non-hydrogen) atoms. The van der Waals surface area contributed by atoms with E-state index in [1.807, 2.05) is 19.1 Å². The SMILES string of the molecule is Cc1ccccc1-c1c(O)n(N(C)C)c(=O)[nH]c1=O. The lowest BCUT2D eigenvalue weighted by molar-refractivity contribution is 0.406. The second-order valence-electron chi connectivity index (χ2n) is 4.43. The van der Waals surface area contributed by atoms with Crippen LogP contribution >= 0.6 is 0 Å². The number of nitrogens with zero attached hydrogens (tertiary/aromatic N) is 2. The Morgan fingerprint density at radius 3 is 2.42 bits per heavy atom. The number of aromatic hydroxyl groups is 1. The van der Waals surface area contributed by atoms with Crippen LogP contribution in [0.1, 0.15) is 5.56 Å². The van der Waals surface area contributed by atoms with Crippen molar-refractivity contribution in [2.24, 2.45) is 0 Å². The number of benzene rings is 1. The van der Waals surface area contributed by atoms with Gasteiger partial charge in [0.05, 0.1) is 0 Å². The van der Waals surface area contributed by atoms with Gasteiger partial charge in [0.1, 0.15) is 5.56 Å². The van der Waals surface area contributed by atoms with E-state index in [4.69, 9.17) is 0 Å². The lowest BCUT2D eigenvalue weighted by Crippen LogP contribution is -2.40. The average Bonchev–Trinajstić information content (AvgIpc) is 2.30. The fourth-order valence-corrected chi connectivity index (χ4v) is 1.98. The predicted molar refractivity (Wildman–Crippen MR) is 73.2 cm³/mol. The van der Waals surface area contributed by atoms with Crippen LogP contribution in [0.4, 0.5) is 0 Å². The highest BCUT2D eigenvalue weighted by atomic mass is 16.3. The summed E-state index contributed by atoms with van der Waals surface area (Å²) in [6.07, 6.45) is 0. The molecule has 2 aromatic rings. The maximum atomic E-state index is 11.9. The Kier molecular flexibility index (Phi) is 3.16. The fraction of sp³-hybridized carbons (Fsp3) is 0.231. The lowest BCUT2D eigenvalue weighted by atomic mass is 10.0. The van der Waals surface area contributed by atoms with Gasteiger partial charge < -0.3 is 10.1 Å². The van der Waals surface area contributed by atoms with Crippen molar-refractivity contribution in [1.82, 2.24) is 9.66 Å². The summed E-state index contributed by atoms with van der Waals surface area (Å²) in [6, 6.07) is 7.17. The zero-order chi connectivity index (χ0) is 14.2. The van der Waals surface area contributed by atoms with Crippen molar-refractivity contribution in [2.45, 2.75) is 6.92 Å². The summed E-state index contributed by atoms with van der Waals surface area (Å²) in [4.78, 5) is 25.8. The van der Waals surface area contributed by atoms with Crippen LogP contribution < -0.4 is 16.3 Å². The predicted octanol–water partition coefficient (Wildman–Crippen LogP) is 0.415. The van der Waals surface area contributed by atoms with E-state index in [0.717, 1.165) is 10.2 Å². The molecule has 0 saturated heterocycles. The molecule has 0 spiro atoms. The molecule has 0 bridgehead atoms. The zero-order valence-electron chi connectivity index (χ0n) is 11.0. The molecule has 0 amide bonds. The molecule has 100 valence electrons. The van der Waals surface area contributed by atoms with Crippen LogP contribution in [0.5, 0.6) is 5.88 Å². The second kappa shape index (κ2) is 4.64. The smallest absolute Gasteiger partial charge is 0.350 e. The fourth-order valence-electron chi connectivity index (χ4n) is 1.98. The van der Waals surface area contributed by atoms with E-state index < -0.39 is 11.2 Å². The van der Waals surface area contributed by atoms with E-state index in [2.05, 4.69) is 4.98 Å². The average molecular weight is 261 g/mol. The molecular weight excluding hydrogens is 246 g/mol. The second-order valence-corrected chi connectivity index (χ2v) is 4.43. The molecule has 1 aromatic heterocycles. The number of rotatable bonds is 2. The van der Waals surface area contributed by atoms with E-state index in [9.17, 15) is 14.7 Å². The molecule has 0 fully saturated rings. The normalized spacial score (nSPS) is 10.5. The molecule has 6 heteroatoms. The first-order chi connectivity index (χ1) is 8.93. The van der Waals surface area contributed by atoms with Crippen molar-refractivity contribution in [2.75, 3.05) is 19.1 Å². The highest BCUT2D eigenvalue weighted by molar-refractivity contribution is 5.70. The van der Waals surface area contributed by atoms with Gasteiger partial charge in [-0.15, -0.1) is 0 Å². The number of aromatic nitrogens is 2. The molecule has 2 N–H and O–H groups in total. The van der Waals surface area contributed by atoms with Crippen molar-refractivity contribution in [3.8, 4) is 17.0 Å². The molecule has 6 nitrogen and oxygen atoms in total. The highest BCUT2D eigenvalue weighted by Gasteiger charge is 2.18. The first-order valence-corrected chi connectivity index (χ1v) is 5.75. The van der Waals surface area contributed by atoms with Crippen molar-refractivity contribution in [1.29, 1.82) is 0 Å². The maximum Gasteiger partial charge on any atom is 0.350 e. The van der Waals surface area contributed by atoms with E-state index >= 15 is 0 Å². The van der Waals surface area contributed by atoms with Gasteiger partial charge >= 0.3 is 5.69 Å². The van der Waals surface area contributed by atoms with Crippen LogP contribution in [0.15, 0.2) is 33.9 Å². The van der Waals surface area contributed by atoms with Crippen LogP contribution in [0.2, 0.25) is 0 Å². The minimum Gasteiger partial charge on any atom is -0.493 e. The Balaban J connectivity index is 2.86. The Morgan fingerprint density at radius 1 is 1.21 bits per heavy atom. The molecule has 0 aliphatic carbocycles. The molecule has 0 radical (unpaired) electrons. The standard InChI is InChI=1S/C13H15N3O3/c1-8-6-4-5-7-9(8)10-11(17)14-13(19)16(12(10)18)15(2)3/h4-7,18H,1-3H3,(H,14,17,19). The molecule has 0 unspecified atom stereocenters. The van der Waals surface area contributed by atoms with Gasteiger partial charge in [-0.1, -0.05) is 24.3 Å². The van der Waals surface area contributed by atoms with E-state index in [1.165, 1.54) is 5.01 Å². The first-order valence-electron chi connectivity index (χ1n) is 5.75. The Hall–Kier alpha value is -2.50. The van der Waals surface area contributed by atoms with Gasteiger partial charge in [-0.2, -0.15) is 4.68 Å². The van der Waals surface area contributed by atoms with Gasteiger partial charge in [-0.25, -0.2) is 4.79 Å². The van der Waals surface area contributed by atoms with E-state index in [0.29, 0.717) is 5.56 Å². The molecule has 0 atom stereocenters. The van der Waals surface area contributed by atoms with Crippen LogP contribution in [0.25, 0.3) is 11.1 Å². The van der Waals surface area contributed by atoms with Crippen LogP contribution in [-0.4, -0.2) is 28.9 Å². The Labute approximate surface area is 109 Å². The molecule has 2 rings (SSSR count). The van der Waals surface area contributed by atoms with Crippen LogP contribution in [0, 0.1) is 6.92 Å². The number of aromatic amines is 1. The summed E-state index contributed by atoms with van der Waals surface area (Å²) < 4.78 is 1.00. The van der Waals surface area contributed by atoms with Gasteiger partial charge in [-0.3, -0.25) is 9.78 Å². The summed E-state index contributed by atoms with van der Waals surface area (Å²) >= 11 is 0. The number of hydrogen-bond donors (Lipinski definition) is 2. The quantitative estimate of drug-likeness (QED) is 0.821. The minimum absolute atomic E-state index is 0.0893. The van der Waals surface area contributed by atoms with Gasteiger partial charge in [0.2, 0.25) is 5.88 Å². The van der Waals surface area contributed by atoms with Gasteiger partial charge in [0.15, 0.2) is 0 Å². The van der Waals surface area contributed by atoms with E-state index in [1.54, 1.807) is 26.2 Å². The topological polar surface area (TPSA) is 78.3 Å². The number of hydrogen-bond acceptors (Lipinski definition) is 4. The zero-order valence-corrected chi connectivity index (χ0v) is 11.0. The minimum atomic E-state index is -0.676. The molecule has 0 aliphatic heterocycles. The number of H-pyrrole nitrogens is 1. The van der Waals surface area contributed by atoms with Crippen LogP contribution in [0.3, 0.4) is 0 Å². The summed E-state index contributed by atoms with van der Waals surface area (Å²) in [5, 5.41) is 11.6. The monoisotopic (exact) mass is 261 g/mol. The summed E-state index contributed by atoms with van der Waals surface area (Å²) in [6.45, 7) is 1.83. The largest absolute Gasteiger partial charge is 0.493 e. The van der Waals surface area contributed by atoms with Crippen molar-refractivity contribution >= 4 is 0 Å². The highest BCUT2D eigenvalue weighted by Crippen LogP contribution is 2.26. The molecule has 1 aromatic carbocycles. The first kappa shape index (κ1) is 12.9. The maximum absolute atomic E-state index is 11.9. The number of aryl methyl sites for hydroxylation is 1.